The third-order valence-electron chi connectivity index (χ3n) is 4.91. The Balaban J connectivity index is 1.42. The van der Waals surface area contributed by atoms with Gasteiger partial charge in [-0.05, 0) is 56.1 Å². The van der Waals surface area contributed by atoms with E-state index in [0.717, 1.165) is 24.5 Å². The van der Waals surface area contributed by atoms with E-state index in [1.807, 2.05) is 24.3 Å². The molecular formula is C21H29N5O. The third kappa shape index (κ3) is 6.25. The van der Waals surface area contributed by atoms with E-state index >= 15 is 0 Å². The first kappa shape index (κ1) is 19.2. The lowest BCUT2D eigenvalue weighted by molar-refractivity contribution is 0.152. The first-order valence-corrected chi connectivity index (χ1v) is 9.72. The number of hydrogen-bond donors (Lipinski definition) is 3. The Labute approximate surface area is 161 Å². The number of rotatable bonds is 7. The highest BCUT2D eigenvalue weighted by atomic mass is 16.2. The molecule has 0 radical (unpaired) electrons. The second kappa shape index (κ2) is 9.92. The van der Waals surface area contributed by atoms with Crippen molar-refractivity contribution < 1.29 is 4.79 Å². The maximum atomic E-state index is 12.1. The van der Waals surface area contributed by atoms with Crippen molar-refractivity contribution in [3.05, 3.63) is 54.4 Å². The highest BCUT2D eigenvalue weighted by Crippen LogP contribution is 2.20. The van der Waals surface area contributed by atoms with Crippen LogP contribution in [0.15, 0.2) is 48.8 Å². The van der Waals surface area contributed by atoms with Crippen LogP contribution in [0.4, 0.5) is 16.2 Å². The van der Waals surface area contributed by atoms with Crippen LogP contribution in [0.3, 0.4) is 0 Å². The second-order valence-electron chi connectivity index (χ2n) is 7.07. The lowest BCUT2D eigenvalue weighted by Gasteiger charge is -2.33. The molecule has 27 heavy (non-hydrogen) atoms. The zero-order valence-electron chi connectivity index (χ0n) is 15.9. The first-order valence-electron chi connectivity index (χ1n) is 9.72. The summed E-state index contributed by atoms with van der Waals surface area (Å²) in [7, 11) is 0. The van der Waals surface area contributed by atoms with Crippen molar-refractivity contribution in [3.8, 4) is 0 Å². The van der Waals surface area contributed by atoms with Crippen LogP contribution in [0.2, 0.25) is 0 Å². The summed E-state index contributed by atoms with van der Waals surface area (Å²) in [6, 6.07) is 12.4. The average Bonchev–Trinajstić information content (AvgIpc) is 2.68. The van der Waals surface area contributed by atoms with E-state index in [0.29, 0.717) is 19.1 Å². The summed E-state index contributed by atoms with van der Waals surface area (Å²) in [6.07, 6.45) is 7.37. The van der Waals surface area contributed by atoms with Crippen molar-refractivity contribution in [3.63, 3.8) is 0 Å². The zero-order valence-corrected chi connectivity index (χ0v) is 15.9. The molecular weight excluding hydrogens is 338 g/mol. The van der Waals surface area contributed by atoms with Gasteiger partial charge < -0.3 is 16.0 Å². The number of urea groups is 1. The molecule has 0 bridgehead atoms. The molecule has 2 amide bonds. The molecule has 6 nitrogen and oxygen atoms in total. The summed E-state index contributed by atoms with van der Waals surface area (Å²) in [6.45, 7) is 5.57. The molecule has 1 aromatic heterocycles. The Bertz CT molecular complexity index is 722. The van der Waals surface area contributed by atoms with Crippen molar-refractivity contribution in [2.75, 3.05) is 30.3 Å². The molecule has 1 unspecified atom stereocenters. The smallest absolute Gasteiger partial charge is 0.319 e. The van der Waals surface area contributed by atoms with Gasteiger partial charge in [0, 0.05) is 43.8 Å². The minimum absolute atomic E-state index is 0.188. The van der Waals surface area contributed by atoms with Crippen LogP contribution in [0.5, 0.6) is 0 Å². The number of aromatic nitrogens is 1. The minimum Gasteiger partial charge on any atom is -0.382 e. The Morgan fingerprint density at radius 1 is 1.19 bits per heavy atom. The molecule has 3 rings (SSSR count). The minimum atomic E-state index is -0.188. The number of nitrogens with zero attached hydrogens (tertiary/aromatic N) is 2. The number of pyridine rings is 1. The molecule has 1 fully saturated rings. The van der Waals surface area contributed by atoms with E-state index in [2.05, 4.69) is 44.9 Å². The number of benzene rings is 1. The van der Waals surface area contributed by atoms with Crippen LogP contribution in [0.1, 0.15) is 31.7 Å². The first-order chi connectivity index (χ1) is 13.2. The fraction of sp³-hybridized carbons (Fsp3) is 0.429. The predicted molar refractivity (Wildman–Crippen MR) is 110 cm³/mol. The third-order valence-corrected chi connectivity index (χ3v) is 4.91. The van der Waals surface area contributed by atoms with Gasteiger partial charge in [-0.3, -0.25) is 9.88 Å². The summed E-state index contributed by atoms with van der Waals surface area (Å²) in [5.41, 5.74) is 3.01. The number of anilines is 2. The van der Waals surface area contributed by atoms with Crippen LogP contribution < -0.4 is 16.0 Å². The van der Waals surface area contributed by atoms with Crippen LogP contribution in [-0.2, 0) is 6.54 Å². The van der Waals surface area contributed by atoms with Crippen molar-refractivity contribution >= 4 is 17.4 Å². The van der Waals surface area contributed by atoms with Crippen LogP contribution in [0.25, 0.3) is 0 Å². The fourth-order valence-corrected chi connectivity index (χ4v) is 3.40. The molecule has 6 heteroatoms. The fourth-order valence-electron chi connectivity index (χ4n) is 3.40. The molecule has 1 aliphatic rings. The van der Waals surface area contributed by atoms with Gasteiger partial charge in [0.25, 0.3) is 0 Å². The van der Waals surface area contributed by atoms with E-state index in [1.54, 1.807) is 12.4 Å². The number of piperidine rings is 1. The zero-order chi connectivity index (χ0) is 18.9. The highest BCUT2D eigenvalue weighted by molar-refractivity contribution is 5.89. The summed E-state index contributed by atoms with van der Waals surface area (Å²) in [4.78, 5) is 18.7. The quantitative estimate of drug-likeness (QED) is 0.653. The summed E-state index contributed by atoms with van der Waals surface area (Å²) in [5, 5.41) is 9.00. The average molecular weight is 367 g/mol. The molecule has 2 heterocycles. The number of amides is 2. The van der Waals surface area contributed by atoms with Crippen molar-refractivity contribution in [2.45, 2.75) is 38.8 Å². The molecule has 1 saturated heterocycles. The Kier molecular flexibility index (Phi) is 7.04. The summed E-state index contributed by atoms with van der Waals surface area (Å²) >= 11 is 0. The van der Waals surface area contributed by atoms with Crippen molar-refractivity contribution in [1.29, 1.82) is 0 Å². The van der Waals surface area contributed by atoms with Gasteiger partial charge in [-0.25, -0.2) is 4.79 Å². The second-order valence-corrected chi connectivity index (χ2v) is 7.07. The highest BCUT2D eigenvalue weighted by Gasteiger charge is 2.18. The van der Waals surface area contributed by atoms with E-state index in [1.165, 1.54) is 24.8 Å². The standard InChI is InChI=1S/C21H29N5O/c1-17-6-2-3-13-26(17)16-18-7-4-8-19(14-18)25-21(27)24-12-11-23-20-9-5-10-22-15-20/h4-5,7-10,14-15,17,23H,2-3,6,11-13,16H2,1H3,(H2,24,25,27). The number of carbonyl (C=O) groups is 1. The lowest BCUT2D eigenvalue weighted by Crippen LogP contribution is -2.36. The monoisotopic (exact) mass is 367 g/mol. The predicted octanol–water partition coefficient (Wildman–Crippen LogP) is 3.69. The van der Waals surface area contributed by atoms with Gasteiger partial charge in [0.05, 0.1) is 5.69 Å². The Morgan fingerprint density at radius 3 is 2.89 bits per heavy atom. The van der Waals surface area contributed by atoms with Crippen molar-refractivity contribution in [2.24, 2.45) is 0 Å². The molecule has 1 aromatic carbocycles. The number of nitrogens with one attached hydrogen (secondary N) is 3. The number of hydrogen-bond acceptors (Lipinski definition) is 4. The Hall–Kier alpha value is -2.60. The van der Waals surface area contributed by atoms with Crippen molar-refractivity contribution in [1.82, 2.24) is 15.2 Å². The van der Waals surface area contributed by atoms with Gasteiger partial charge in [-0.2, -0.15) is 0 Å². The van der Waals surface area contributed by atoms with Crippen LogP contribution >= 0.6 is 0 Å². The van der Waals surface area contributed by atoms with E-state index in [-0.39, 0.29) is 6.03 Å². The van der Waals surface area contributed by atoms with Gasteiger partial charge in [0.15, 0.2) is 0 Å². The maximum Gasteiger partial charge on any atom is 0.319 e. The molecule has 0 saturated carbocycles. The molecule has 1 atom stereocenters. The molecule has 0 aliphatic carbocycles. The summed E-state index contributed by atoms with van der Waals surface area (Å²) < 4.78 is 0. The molecule has 144 valence electrons. The lowest BCUT2D eigenvalue weighted by atomic mass is 10.0. The SMILES string of the molecule is CC1CCCCN1Cc1cccc(NC(=O)NCCNc2cccnc2)c1. The van der Waals surface area contributed by atoms with E-state index in [9.17, 15) is 4.79 Å². The van der Waals surface area contributed by atoms with Gasteiger partial charge >= 0.3 is 6.03 Å². The maximum absolute atomic E-state index is 12.1. The normalized spacial score (nSPS) is 17.3. The van der Waals surface area contributed by atoms with Crippen LogP contribution in [-0.4, -0.2) is 41.6 Å². The van der Waals surface area contributed by atoms with Crippen LogP contribution in [0, 0.1) is 0 Å². The van der Waals surface area contributed by atoms with Gasteiger partial charge in [0.2, 0.25) is 0 Å². The van der Waals surface area contributed by atoms with Gasteiger partial charge in [-0.15, -0.1) is 0 Å². The van der Waals surface area contributed by atoms with Gasteiger partial charge in [-0.1, -0.05) is 18.6 Å². The molecule has 0 spiro atoms. The largest absolute Gasteiger partial charge is 0.382 e. The number of likely N-dealkylation sites (tertiary alicyclic amines) is 1. The van der Waals surface area contributed by atoms with E-state index < -0.39 is 0 Å². The molecule has 1 aliphatic heterocycles. The topological polar surface area (TPSA) is 69.3 Å². The Morgan fingerprint density at radius 2 is 2.07 bits per heavy atom. The summed E-state index contributed by atoms with van der Waals surface area (Å²) in [5.74, 6) is 0. The van der Waals surface area contributed by atoms with Gasteiger partial charge in [0.1, 0.15) is 0 Å². The van der Waals surface area contributed by atoms with E-state index in [4.69, 9.17) is 0 Å². The number of carbonyl (C=O) groups excluding carboxylic acids is 1. The molecule has 3 N–H and O–H groups in total. The molecule has 2 aromatic rings.